The summed E-state index contributed by atoms with van der Waals surface area (Å²) in [4.78, 5) is 17.5. The number of carbonyl (C=O) groups excluding carboxylic acids is 1. The molecule has 2 aromatic heterocycles. The van der Waals surface area contributed by atoms with Gasteiger partial charge in [-0.15, -0.1) is 0 Å². The van der Waals surface area contributed by atoms with E-state index in [2.05, 4.69) is 10.4 Å². The lowest BCUT2D eigenvalue weighted by atomic mass is 9.89. The summed E-state index contributed by atoms with van der Waals surface area (Å²) in [5.74, 6) is 0.420. The number of hydrogen-bond donors (Lipinski definition) is 2. The average molecular weight is 344 g/mol. The van der Waals surface area contributed by atoms with Crippen molar-refractivity contribution in [2.75, 3.05) is 13.2 Å². The van der Waals surface area contributed by atoms with Gasteiger partial charge in [0.2, 0.25) is 0 Å². The number of pyridine rings is 1. The molecule has 25 heavy (non-hydrogen) atoms. The Morgan fingerprint density at radius 2 is 2.16 bits per heavy atom. The number of aliphatic hydroxyl groups excluding tert-OH is 1. The second-order valence-corrected chi connectivity index (χ2v) is 7.96. The molecule has 1 fully saturated rings. The van der Waals surface area contributed by atoms with Crippen molar-refractivity contribution in [3.8, 4) is 0 Å². The number of aliphatic hydroxyl groups is 1. The second-order valence-electron chi connectivity index (χ2n) is 7.96. The molecule has 2 aromatic rings. The lowest BCUT2D eigenvalue weighted by Crippen LogP contribution is -2.27. The molecule has 0 spiro atoms. The van der Waals surface area contributed by atoms with Crippen molar-refractivity contribution in [3.63, 3.8) is 0 Å². The van der Waals surface area contributed by atoms with Crippen LogP contribution in [0.2, 0.25) is 0 Å². The Hall–Kier alpha value is -1.95. The molecule has 0 unspecified atom stereocenters. The third-order valence-electron chi connectivity index (χ3n) is 4.97. The van der Waals surface area contributed by atoms with Gasteiger partial charge in [0.05, 0.1) is 16.6 Å². The molecule has 2 heterocycles. The van der Waals surface area contributed by atoms with Gasteiger partial charge >= 0.3 is 0 Å². The molecule has 0 bridgehead atoms. The molecule has 2 N–H and O–H groups in total. The first-order valence-corrected chi connectivity index (χ1v) is 9.06. The van der Waals surface area contributed by atoms with E-state index < -0.39 is 0 Å². The molecule has 0 atom stereocenters. The quantitative estimate of drug-likeness (QED) is 0.757. The topological polar surface area (TPSA) is 80.0 Å². The number of amides is 1. The maximum atomic E-state index is 12.8. The minimum absolute atomic E-state index is 0.0628. The average Bonchev–Trinajstić information content (AvgIpc) is 3.38. The van der Waals surface area contributed by atoms with Crippen molar-refractivity contribution in [1.29, 1.82) is 0 Å². The van der Waals surface area contributed by atoms with Crippen molar-refractivity contribution in [2.24, 2.45) is 12.5 Å². The fourth-order valence-corrected chi connectivity index (χ4v) is 3.17. The van der Waals surface area contributed by atoms with Gasteiger partial charge in [0.25, 0.3) is 5.91 Å². The van der Waals surface area contributed by atoms with Gasteiger partial charge in [-0.05, 0) is 44.1 Å². The van der Waals surface area contributed by atoms with E-state index in [0.717, 1.165) is 48.1 Å². The molecule has 6 heteroatoms. The fraction of sp³-hybridized carbons (Fsp3) is 0.632. The number of aryl methyl sites for hydroxylation is 2. The van der Waals surface area contributed by atoms with Gasteiger partial charge in [-0.25, -0.2) is 4.98 Å². The Kier molecular flexibility index (Phi) is 4.82. The molecule has 3 rings (SSSR count). The van der Waals surface area contributed by atoms with Crippen LogP contribution in [0.25, 0.3) is 11.0 Å². The standard InChI is InChI=1S/C19H28N4O2/c1-12-16-14(18(25)20-9-5-8-19(2,3)11-24)10-15(13-6-7-13)21-17(16)23(4)22-12/h10,13,24H,5-9,11H2,1-4H3,(H,20,25). The summed E-state index contributed by atoms with van der Waals surface area (Å²) >= 11 is 0. The van der Waals surface area contributed by atoms with Gasteiger partial charge in [0.15, 0.2) is 5.65 Å². The van der Waals surface area contributed by atoms with E-state index in [0.29, 0.717) is 18.0 Å². The van der Waals surface area contributed by atoms with Crippen LogP contribution < -0.4 is 5.32 Å². The summed E-state index contributed by atoms with van der Waals surface area (Å²) in [6.07, 6.45) is 4.00. The van der Waals surface area contributed by atoms with Crippen LogP contribution in [0.5, 0.6) is 0 Å². The molecule has 0 radical (unpaired) electrons. The third-order valence-corrected chi connectivity index (χ3v) is 4.97. The van der Waals surface area contributed by atoms with E-state index >= 15 is 0 Å². The molecule has 1 amide bonds. The van der Waals surface area contributed by atoms with Gasteiger partial charge in [-0.1, -0.05) is 13.8 Å². The van der Waals surface area contributed by atoms with Crippen molar-refractivity contribution >= 4 is 16.9 Å². The van der Waals surface area contributed by atoms with E-state index in [1.807, 2.05) is 33.9 Å². The van der Waals surface area contributed by atoms with Gasteiger partial charge in [-0.2, -0.15) is 5.10 Å². The molecule has 1 aliphatic rings. The summed E-state index contributed by atoms with van der Waals surface area (Å²) in [6, 6.07) is 1.95. The Balaban J connectivity index is 1.78. The van der Waals surface area contributed by atoms with Crippen molar-refractivity contribution < 1.29 is 9.90 Å². The number of nitrogens with zero attached hydrogens (tertiary/aromatic N) is 3. The van der Waals surface area contributed by atoms with Crippen LogP contribution in [-0.4, -0.2) is 38.9 Å². The highest BCUT2D eigenvalue weighted by Gasteiger charge is 2.28. The van der Waals surface area contributed by atoms with Crippen molar-refractivity contribution in [1.82, 2.24) is 20.1 Å². The number of carbonyl (C=O) groups is 1. The molecular weight excluding hydrogens is 316 g/mol. The summed E-state index contributed by atoms with van der Waals surface area (Å²) in [5, 5.41) is 17.6. The monoisotopic (exact) mass is 344 g/mol. The molecular formula is C19H28N4O2. The summed E-state index contributed by atoms with van der Waals surface area (Å²) in [5.41, 5.74) is 3.20. The number of nitrogens with one attached hydrogen (secondary N) is 1. The van der Waals surface area contributed by atoms with E-state index in [-0.39, 0.29) is 17.9 Å². The third kappa shape index (κ3) is 3.84. The summed E-state index contributed by atoms with van der Waals surface area (Å²) < 4.78 is 1.76. The van der Waals surface area contributed by atoms with Crippen molar-refractivity contribution in [2.45, 2.75) is 52.4 Å². The lowest BCUT2D eigenvalue weighted by Gasteiger charge is -2.21. The number of aromatic nitrogens is 3. The Morgan fingerprint density at radius 3 is 2.80 bits per heavy atom. The van der Waals surface area contributed by atoms with Gasteiger partial charge < -0.3 is 10.4 Å². The predicted molar refractivity (Wildman–Crippen MR) is 97.7 cm³/mol. The van der Waals surface area contributed by atoms with Gasteiger partial charge in [-0.3, -0.25) is 9.48 Å². The fourth-order valence-electron chi connectivity index (χ4n) is 3.17. The molecule has 1 saturated carbocycles. The first-order chi connectivity index (χ1) is 11.8. The number of hydrogen-bond acceptors (Lipinski definition) is 4. The minimum atomic E-state index is -0.103. The summed E-state index contributed by atoms with van der Waals surface area (Å²) in [6.45, 7) is 6.74. The maximum absolute atomic E-state index is 12.8. The first kappa shape index (κ1) is 17.9. The second kappa shape index (κ2) is 6.75. The van der Waals surface area contributed by atoms with Crippen LogP contribution in [0.1, 0.15) is 67.2 Å². The van der Waals surface area contributed by atoms with Crippen LogP contribution in [-0.2, 0) is 7.05 Å². The SMILES string of the molecule is Cc1nn(C)c2nc(C3CC3)cc(C(=O)NCCCC(C)(C)CO)c12. The zero-order chi connectivity index (χ0) is 18.2. The molecule has 6 nitrogen and oxygen atoms in total. The zero-order valence-corrected chi connectivity index (χ0v) is 15.6. The van der Waals surface area contributed by atoms with Crippen LogP contribution in [0.3, 0.4) is 0 Å². The van der Waals surface area contributed by atoms with Crippen LogP contribution in [0.4, 0.5) is 0 Å². The van der Waals surface area contributed by atoms with E-state index in [1.54, 1.807) is 4.68 Å². The normalized spacial score (nSPS) is 14.9. The highest BCUT2D eigenvalue weighted by Crippen LogP contribution is 2.40. The van der Waals surface area contributed by atoms with Crippen LogP contribution in [0.15, 0.2) is 6.07 Å². The van der Waals surface area contributed by atoms with E-state index in [1.165, 1.54) is 0 Å². The Morgan fingerprint density at radius 1 is 1.44 bits per heavy atom. The number of fused-ring (bicyclic) bond motifs is 1. The molecule has 1 aliphatic carbocycles. The van der Waals surface area contributed by atoms with E-state index in [9.17, 15) is 9.90 Å². The minimum Gasteiger partial charge on any atom is -0.396 e. The largest absolute Gasteiger partial charge is 0.396 e. The molecule has 0 aliphatic heterocycles. The maximum Gasteiger partial charge on any atom is 0.252 e. The first-order valence-electron chi connectivity index (χ1n) is 9.06. The van der Waals surface area contributed by atoms with Crippen molar-refractivity contribution in [3.05, 3.63) is 23.0 Å². The molecule has 136 valence electrons. The zero-order valence-electron chi connectivity index (χ0n) is 15.6. The smallest absolute Gasteiger partial charge is 0.252 e. The predicted octanol–water partition coefficient (Wildman–Crippen LogP) is 2.68. The number of rotatable bonds is 7. The van der Waals surface area contributed by atoms with E-state index in [4.69, 9.17) is 4.98 Å². The Labute approximate surface area is 148 Å². The molecule has 0 aromatic carbocycles. The Bertz CT molecular complexity index is 790. The van der Waals surface area contributed by atoms with Crippen LogP contribution in [0, 0.1) is 12.3 Å². The highest BCUT2D eigenvalue weighted by atomic mass is 16.3. The summed E-state index contributed by atoms with van der Waals surface area (Å²) in [7, 11) is 1.87. The van der Waals surface area contributed by atoms with Crippen LogP contribution >= 0.6 is 0 Å². The lowest BCUT2D eigenvalue weighted by molar-refractivity contribution is 0.0950. The highest BCUT2D eigenvalue weighted by molar-refractivity contribution is 6.06. The molecule has 0 saturated heterocycles. The van der Waals surface area contributed by atoms with Gasteiger partial charge in [0, 0.05) is 31.8 Å². The van der Waals surface area contributed by atoms with Gasteiger partial charge in [0.1, 0.15) is 0 Å².